The maximum Gasteiger partial charge on any atom is 0.309 e. The van der Waals surface area contributed by atoms with Crippen molar-refractivity contribution in [2.75, 3.05) is 7.11 Å². The maximum atomic E-state index is 14.4. The van der Waals surface area contributed by atoms with Crippen molar-refractivity contribution in [3.63, 3.8) is 0 Å². The molecular formula is C38H39ClF4N2O5. The van der Waals surface area contributed by atoms with Crippen molar-refractivity contribution in [1.82, 2.24) is 10.2 Å². The lowest BCUT2D eigenvalue weighted by atomic mass is 9.69. The van der Waals surface area contributed by atoms with Crippen LogP contribution >= 0.6 is 11.6 Å². The van der Waals surface area contributed by atoms with Crippen molar-refractivity contribution in [2.45, 2.75) is 82.7 Å². The van der Waals surface area contributed by atoms with Gasteiger partial charge in [-0.2, -0.15) is 0 Å². The number of fused-ring (bicyclic) bond motifs is 1. The van der Waals surface area contributed by atoms with Gasteiger partial charge in [0, 0.05) is 41.9 Å². The number of ether oxygens (including phenoxy) is 2. The minimum Gasteiger partial charge on any atom is -0.455 e. The topological polar surface area (TPSA) is 84.9 Å². The van der Waals surface area contributed by atoms with Gasteiger partial charge in [0.05, 0.1) is 12.5 Å². The molecule has 0 spiro atoms. The van der Waals surface area contributed by atoms with Gasteiger partial charge in [-0.15, -0.1) is 0 Å². The molecule has 0 radical (unpaired) electrons. The number of hydrogen-bond acceptors (Lipinski definition) is 6. The van der Waals surface area contributed by atoms with E-state index >= 15 is 0 Å². The third kappa shape index (κ3) is 7.89. The summed E-state index contributed by atoms with van der Waals surface area (Å²) in [6.45, 7) is 5.22. The molecule has 7 nitrogen and oxygen atoms in total. The largest absolute Gasteiger partial charge is 0.455 e. The average molecular weight is 715 g/mol. The average Bonchev–Trinajstić information content (AvgIpc) is 3.06. The smallest absolute Gasteiger partial charge is 0.309 e. The van der Waals surface area contributed by atoms with E-state index < -0.39 is 88.7 Å². The first kappa shape index (κ1) is 37.0. The van der Waals surface area contributed by atoms with Crippen LogP contribution < -0.4 is 5.32 Å². The summed E-state index contributed by atoms with van der Waals surface area (Å²) >= 11 is 6.26. The number of Topliss-reactive ketones (excluding diaryl/α,β-unsaturated/α-hetero) is 1. The van der Waals surface area contributed by atoms with Crippen molar-refractivity contribution >= 4 is 35.3 Å². The number of rotatable bonds is 13. The van der Waals surface area contributed by atoms with Crippen LogP contribution in [0.5, 0.6) is 0 Å². The Morgan fingerprint density at radius 2 is 1.66 bits per heavy atom. The van der Waals surface area contributed by atoms with Crippen LogP contribution in [0.25, 0.3) is 6.08 Å². The molecule has 3 unspecified atom stereocenters. The van der Waals surface area contributed by atoms with Crippen LogP contribution in [-0.2, 0) is 29.5 Å². The molecule has 3 aromatic rings. The van der Waals surface area contributed by atoms with Gasteiger partial charge < -0.3 is 19.7 Å². The number of benzene rings is 3. The van der Waals surface area contributed by atoms with Gasteiger partial charge in [0.25, 0.3) is 0 Å². The molecule has 0 bridgehead atoms. The Kier molecular flexibility index (Phi) is 11.4. The first-order valence-electron chi connectivity index (χ1n) is 16.4. The fourth-order valence-corrected chi connectivity index (χ4v) is 6.96. The van der Waals surface area contributed by atoms with Gasteiger partial charge in [0.15, 0.2) is 35.3 Å². The van der Waals surface area contributed by atoms with Gasteiger partial charge in [0.1, 0.15) is 11.6 Å². The lowest BCUT2D eigenvalue weighted by molar-refractivity contribution is -0.159. The Hall–Kier alpha value is -4.22. The normalized spacial score (nSPS) is 19.6. The van der Waals surface area contributed by atoms with E-state index in [2.05, 4.69) is 5.32 Å². The molecular weight excluding hydrogens is 676 g/mol. The minimum absolute atomic E-state index is 0.0856. The zero-order valence-corrected chi connectivity index (χ0v) is 28.9. The van der Waals surface area contributed by atoms with E-state index in [9.17, 15) is 31.9 Å². The van der Waals surface area contributed by atoms with E-state index in [0.717, 1.165) is 16.7 Å². The van der Waals surface area contributed by atoms with E-state index in [1.54, 1.807) is 68.3 Å². The van der Waals surface area contributed by atoms with E-state index in [1.807, 2.05) is 18.2 Å². The molecule has 1 heterocycles. The Labute approximate surface area is 293 Å². The summed E-state index contributed by atoms with van der Waals surface area (Å²) in [5.74, 6) is -8.89. The van der Waals surface area contributed by atoms with Crippen molar-refractivity contribution in [1.29, 1.82) is 0 Å². The number of hydrogen-bond donors (Lipinski definition) is 1. The number of nitrogens with one attached hydrogen (secondary N) is 1. The summed E-state index contributed by atoms with van der Waals surface area (Å²) in [6, 6.07) is 12.4. The molecule has 5 rings (SSSR count). The highest BCUT2D eigenvalue weighted by atomic mass is 35.5. The highest BCUT2D eigenvalue weighted by Crippen LogP contribution is 2.46. The molecule has 1 amide bonds. The molecule has 2 aliphatic rings. The molecule has 1 aliphatic heterocycles. The Morgan fingerprint density at radius 1 is 1.00 bits per heavy atom. The van der Waals surface area contributed by atoms with Crippen LogP contribution in [0.1, 0.15) is 87.3 Å². The molecule has 12 heteroatoms. The van der Waals surface area contributed by atoms with Crippen LogP contribution in [0.4, 0.5) is 17.6 Å². The van der Waals surface area contributed by atoms with E-state index in [0.29, 0.717) is 11.4 Å². The number of ketones is 1. The van der Waals surface area contributed by atoms with Crippen LogP contribution in [0.2, 0.25) is 5.02 Å². The molecule has 1 aliphatic carbocycles. The number of carbonyl (C=O) groups is 3. The quantitative estimate of drug-likeness (QED) is 0.109. The SMILES string of the molecule is CCC(C(=O)NC(CC(=O)OC(C)(C)c1ccccc1)C(=O)CC1CC(c2c(F)c(F)cc(F)c2F)C1)N1C=Cc2ccc(Cl)cc2C1OC. The second-order valence-corrected chi connectivity index (χ2v) is 13.7. The van der Waals surface area contributed by atoms with Crippen LogP contribution in [0.3, 0.4) is 0 Å². The number of nitrogens with zero attached hydrogens (tertiary/aromatic N) is 1. The van der Waals surface area contributed by atoms with E-state index in [4.69, 9.17) is 21.1 Å². The van der Waals surface area contributed by atoms with Gasteiger partial charge in [-0.05, 0) is 74.3 Å². The van der Waals surface area contributed by atoms with Crippen molar-refractivity contribution in [3.05, 3.63) is 111 Å². The summed E-state index contributed by atoms with van der Waals surface area (Å²) < 4.78 is 68.1. The summed E-state index contributed by atoms with van der Waals surface area (Å²) in [7, 11) is 1.50. The molecule has 1 fully saturated rings. The van der Waals surface area contributed by atoms with Gasteiger partial charge in [-0.3, -0.25) is 14.4 Å². The van der Waals surface area contributed by atoms with Gasteiger partial charge in [-0.1, -0.05) is 54.9 Å². The molecule has 50 heavy (non-hydrogen) atoms. The van der Waals surface area contributed by atoms with Crippen LogP contribution in [0, 0.1) is 29.2 Å². The maximum absolute atomic E-state index is 14.4. The van der Waals surface area contributed by atoms with E-state index in [1.165, 1.54) is 7.11 Å². The van der Waals surface area contributed by atoms with Crippen LogP contribution in [0.15, 0.2) is 60.8 Å². The Balaban J connectivity index is 1.33. The summed E-state index contributed by atoms with van der Waals surface area (Å²) in [6.07, 6.45) is 2.74. The molecule has 0 saturated heterocycles. The summed E-state index contributed by atoms with van der Waals surface area (Å²) in [5.41, 5.74) is 0.612. The highest BCUT2D eigenvalue weighted by Gasteiger charge is 2.40. The molecule has 3 atom stereocenters. The predicted molar refractivity (Wildman–Crippen MR) is 180 cm³/mol. The molecule has 1 N–H and O–H groups in total. The number of halogens is 5. The minimum atomic E-state index is -1.49. The zero-order valence-electron chi connectivity index (χ0n) is 28.2. The van der Waals surface area contributed by atoms with Crippen LogP contribution in [-0.4, -0.2) is 41.8 Å². The lowest BCUT2D eigenvalue weighted by Gasteiger charge is -2.39. The van der Waals surface area contributed by atoms with Gasteiger partial charge in [-0.25, -0.2) is 17.6 Å². The number of amides is 1. The highest BCUT2D eigenvalue weighted by molar-refractivity contribution is 6.30. The Bertz CT molecular complexity index is 1750. The van der Waals surface area contributed by atoms with Crippen molar-refractivity contribution in [2.24, 2.45) is 5.92 Å². The third-order valence-electron chi connectivity index (χ3n) is 9.48. The second-order valence-electron chi connectivity index (χ2n) is 13.3. The number of carbonyl (C=O) groups excluding carboxylic acids is 3. The standard InChI is InChI=1S/C38H39ClF4N2O5/c1-5-30(45-14-13-22-11-12-25(39)18-26(22)37(45)49-4)36(48)44-29(20-32(47)50-38(2,3)24-9-7-6-8-10-24)31(46)17-21-15-23(16-21)33-34(42)27(40)19-28(41)35(33)43/h6-14,18-19,21,23,29-30,37H,5,15-17,20H2,1-4H3,(H,44,48). The van der Waals surface area contributed by atoms with E-state index in [-0.39, 0.29) is 25.3 Å². The molecule has 0 aromatic heterocycles. The van der Waals surface area contributed by atoms with Gasteiger partial charge >= 0.3 is 5.97 Å². The predicted octanol–water partition coefficient (Wildman–Crippen LogP) is 8.11. The fraction of sp³-hybridized carbons (Fsp3) is 0.395. The molecule has 3 aromatic carbocycles. The molecule has 266 valence electrons. The lowest BCUT2D eigenvalue weighted by Crippen LogP contribution is -2.52. The third-order valence-corrected chi connectivity index (χ3v) is 9.71. The number of methoxy groups -OCH3 is 1. The number of esters is 1. The fourth-order valence-electron chi connectivity index (χ4n) is 6.78. The summed E-state index contributed by atoms with van der Waals surface area (Å²) in [5, 5.41) is 3.26. The van der Waals surface area contributed by atoms with Gasteiger partial charge in [0.2, 0.25) is 5.91 Å². The molecule has 1 saturated carbocycles. The monoisotopic (exact) mass is 714 g/mol. The van der Waals surface area contributed by atoms with Crippen molar-refractivity contribution in [3.8, 4) is 0 Å². The second kappa shape index (κ2) is 15.3. The Morgan fingerprint density at radius 3 is 2.28 bits per heavy atom. The first-order valence-corrected chi connectivity index (χ1v) is 16.8. The van der Waals surface area contributed by atoms with Crippen molar-refractivity contribution < 1.29 is 41.4 Å². The zero-order chi connectivity index (χ0) is 36.3. The summed E-state index contributed by atoms with van der Waals surface area (Å²) in [4.78, 5) is 42.8. The first-order chi connectivity index (χ1) is 23.7.